The third-order valence-electron chi connectivity index (χ3n) is 2.53. The Morgan fingerprint density at radius 2 is 2.12 bits per heavy atom. The van der Waals surface area contributed by atoms with Crippen LogP contribution in [0.25, 0.3) is 0 Å². The Bertz CT molecular complexity index is 386. The van der Waals surface area contributed by atoms with Crippen LogP contribution in [0.15, 0.2) is 6.20 Å². The molecule has 0 saturated carbocycles. The van der Waals surface area contributed by atoms with Crippen molar-refractivity contribution in [2.24, 2.45) is 0 Å². The van der Waals surface area contributed by atoms with Crippen molar-refractivity contribution in [2.75, 3.05) is 6.61 Å². The normalized spacial score (nSPS) is 14.1. The Kier molecular flexibility index (Phi) is 4.33. The first-order valence-electron chi connectivity index (χ1n) is 5.76. The Balaban J connectivity index is 2.95. The highest BCUT2D eigenvalue weighted by Crippen LogP contribution is 2.22. The average molecular weight is 242 g/mol. The van der Waals surface area contributed by atoms with Crippen LogP contribution < -0.4 is 0 Å². The molecule has 0 amide bonds. The number of rotatable bonds is 4. The molecule has 1 atom stereocenters. The summed E-state index contributed by atoms with van der Waals surface area (Å²) >= 11 is 5.30. The predicted octanol–water partition coefficient (Wildman–Crippen LogP) is 3.27. The smallest absolute Gasteiger partial charge is 0.177 e. The fourth-order valence-corrected chi connectivity index (χ4v) is 2.02. The lowest BCUT2D eigenvalue weighted by Crippen LogP contribution is -2.23. The minimum Gasteiger partial charge on any atom is -0.377 e. The second-order valence-electron chi connectivity index (χ2n) is 5.11. The SMILES string of the molecule is CCOC(C)Cn1c(C(C)(C)C)c[nH]c1=S. The molecule has 0 spiro atoms. The van der Waals surface area contributed by atoms with Crippen molar-refractivity contribution >= 4 is 12.2 Å². The van der Waals surface area contributed by atoms with Gasteiger partial charge in [-0.2, -0.15) is 0 Å². The van der Waals surface area contributed by atoms with Crippen LogP contribution in [0.4, 0.5) is 0 Å². The molecule has 0 saturated heterocycles. The van der Waals surface area contributed by atoms with E-state index in [0.29, 0.717) is 0 Å². The standard InChI is InChI=1S/C12H22N2OS/c1-6-15-9(2)8-14-10(12(3,4)5)7-13-11(14)16/h7,9H,6,8H2,1-5H3,(H,13,16). The van der Waals surface area contributed by atoms with Crippen LogP contribution in [0.1, 0.15) is 40.3 Å². The van der Waals surface area contributed by atoms with Gasteiger partial charge in [0.2, 0.25) is 0 Å². The fourth-order valence-electron chi connectivity index (χ4n) is 1.79. The number of ether oxygens (including phenoxy) is 1. The van der Waals surface area contributed by atoms with Gasteiger partial charge in [-0.1, -0.05) is 20.8 Å². The van der Waals surface area contributed by atoms with Crippen LogP contribution in [-0.2, 0) is 16.7 Å². The maximum absolute atomic E-state index is 5.56. The summed E-state index contributed by atoms with van der Waals surface area (Å²) < 4.78 is 8.47. The van der Waals surface area contributed by atoms with Gasteiger partial charge in [0, 0.05) is 23.9 Å². The number of imidazole rings is 1. The van der Waals surface area contributed by atoms with Crippen molar-refractivity contribution in [3.05, 3.63) is 16.7 Å². The maximum atomic E-state index is 5.56. The van der Waals surface area contributed by atoms with Crippen LogP contribution in [0.2, 0.25) is 0 Å². The van der Waals surface area contributed by atoms with Gasteiger partial charge in [-0.3, -0.25) is 0 Å². The summed E-state index contributed by atoms with van der Waals surface area (Å²) in [5.41, 5.74) is 1.32. The molecule has 1 N–H and O–H groups in total. The molecule has 92 valence electrons. The highest BCUT2D eigenvalue weighted by Gasteiger charge is 2.20. The van der Waals surface area contributed by atoms with E-state index in [2.05, 4.69) is 37.2 Å². The lowest BCUT2D eigenvalue weighted by molar-refractivity contribution is 0.0627. The molecule has 1 heterocycles. The largest absolute Gasteiger partial charge is 0.377 e. The molecule has 0 aliphatic rings. The van der Waals surface area contributed by atoms with Crippen LogP contribution in [-0.4, -0.2) is 22.3 Å². The van der Waals surface area contributed by atoms with Gasteiger partial charge in [0.15, 0.2) is 4.77 Å². The summed E-state index contributed by atoms with van der Waals surface area (Å²) in [4.78, 5) is 3.11. The second kappa shape index (κ2) is 5.15. The van der Waals surface area contributed by atoms with E-state index in [1.807, 2.05) is 13.1 Å². The van der Waals surface area contributed by atoms with Crippen molar-refractivity contribution in [1.29, 1.82) is 0 Å². The van der Waals surface area contributed by atoms with E-state index in [1.54, 1.807) is 0 Å². The molecule has 0 aromatic carbocycles. The molecular formula is C12H22N2OS. The van der Waals surface area contributed by atoms with Gasteiger partial charge in [0.25, 0.3) is 0 Å². The topological polar surface area (TPSA) is 29.9 Å². The van der Waals surface area contributed by atoms with Crippen LogP contribution in [0, 0.1) is 4.77 Å². The van der Waals surface area contributed by atoms with Gasteiger partial charge in [-0.25, -0.2) is 0 Å². The first-order chi connectivity index (χ1) is 7.36. The molecule has 0 bridgehead atoms. The lowest BCUT2D eigenvalue weighted by atomic mass is 9.92. The minimum atomic E-state index is 0.0967. The molecule has 4 heteroatoms. The summed E-state index contributed by atoms with van der Waals surface area (Å²) in [5, 5.41) is 0. The van der Waals surface area contributed by atoms with Gasteiger partial charge in [0.05, 0.1) is 12.6 Å². The zero-order chi connectivity index (χ0) is 12.3. The summed E-state index contributed by atoms with van der Waals surface area (Å²) in [6.45, 7) is 12.2. The Morgan fingerprint density at radius 3 is 2.62 bits per heavy atom. The number of nitrogens with one attached hydrogen (secondary N) is 1. The quantitative estimate of drug-likeness (QED) is 0.821. The van der Waals surface area contributed by atoms with Crippen molar-refractivity contribution in [3.63, 3.8) is 0 Å². The van der Waals surface area contributed by atoms with Crippen molar-refractivity contribution < 1.29 is 4.74 Å². The molecule has 1 unspecified atom stereocenters. The van der Waals surface area contributed by atoms with E-state index < -0.39 is 0 Å². The third kappa shape index (κ3) is 3.19. The average Bonchev–Trinajstić information content (AvgIpc) is 2.47. The Hall–Kier alpha value is -0.610. The highest BCUT2D eigenvalue weighted by molar-refractivity contribution is 7.71. The number of aromatic amines is 1. The number of nitrogens with zero attached hydrogens (tertiary/aromatic N) is 1. The van der Waals surface area contributed by atoms with Crippen LogP contribution in [0.3, 0.4) is 0 Å². The zero-order valence-electron chi connectivity index (χ0n) is 10.8. The molecular weight excluding hydrogens is 220 g/mol. The summed E-state index contributed by atoms with van der Waals surface area (Å²) in [5.74, 6) is 0. The molecule has 0 aliphatic carbocycles. The van der Waals surface area contributed by atoms with Gasteiger partial charge in [-0.15, -0.1) is 0 Å². The molecule has 0 radical (unpaired) electrons. The van der Waals surface area contributed by atoms with Gasteiger partial charge in [-0.05, 0) is 26.1 Å². The molecule has 0 fully saturated rings. The molecule has 1 rings (SSSR count). The maximum Gasteiger partial charge on any atom is 0.177 e. The van der Waals surface area contributed by atoms with Gasteiger partial charge < -0.3 is 14.3 Å². The highest BCUT2D eigenvalue weighted by atomic mass is 32.1. The first kappa shape index (κ1) is 13.5. The van der Waals surface area contributed by atoms with Crippen LogP contribution >= 0.6 is 12.2 Å². The van der Waals surface area contributed by atoms with E-state index in [0.717, 1.165) is 17.9 Å². The lowest BCUT2D eigenvalue weighted by Gasteiger charge is -2.22. The number of hydrogen-bond acceptors (Lipinski definition) is 2. The monoisotopic (exact) mass is 242 g/mol. The fraction of sp³-hybridized carbons (Fsp3) is 0.750. The first-order valence-corrected chi connectivity index (χ1v) is 6.17. The van der Waals surface area contributed by atoms with Gasteiger partial charge in [0.1, 0.15) is 0 Å². The van der Waals surface area contributed by atoms with Crippen molar-refractivity contribution in [1.82, 2.24) is 9.55 Å². The van der Waals surface area contributed by atoms with E-state index in [9.17, 15) is 0 Å². The van der Waals surface area contributed by atoms with E-state index in [1.165, 1.54) is 5.69 Å². The van der Waals surface area contributed by atoms with E-state index >= 15 is 0 Å². The van der Waals surface area contributed by atoms with Gasteiger partial charge >= 0.3 is 0 Å². The molecule has 1 aromatic heterocycles. The zero-order valence-corrected chi connectivity index (χ0v) is 11.6. The third-order valence-corrected chi connectivity index (χ3v) is 2.87. The second-order valence-corrected chi connectivity index (χ2v) is 5.49. The number of hydrogen-bond donors (Lipinski definition) is 1. The summed E-state index contributed by atoms with van der Waals surface area (Å²) in [6.07, 6.45) is 2.19. The molecule has 0 aliphatic heterocycles. The molecule has 16 heavy (non-hydrogen) atoms. The molecule has 1 aromatic rings. The Labute approximate surface area is 103 Å². The number of H-pyrrole nitrogens is 1. The van der Waals surface area contributed by atoms with Crippen molar-refractivity contribution in [3.8, 4) is 0 Å². The molecule has 3 nitrogen and oxygen atoms in total. The van der Waals surface area contributed by atoms with Crippen LogP contribution in [0.5, 0.6) is 0 Å². The van der Waals surface area contributed by atoms with E-state index in [-0.39, 0.29) is 11.5 Å². The summed E-state index contributed by atoms with van der Waals surface area (Å²) in [6, 6.07) is 0. The predicted molar refractivity (Wildman–Crippen MR) is 69.4 cm³/mol. The minimum absolute atomic E-state index is 0.0967. The summed E-state index contributed by atoms with van der Waals surface area (Å²) in [7, 11) is 0. The Morgan fingerprint density at radius 1 is 1.50 bits per heavy atom. The van der Waals surface area contributed by atoms with Crippen molar-refractivity contribution in [2.45, 2.75) is 52.7 Å². The number of aromatic nitrogens is 2. The van der Waals surface area contributed by atoms with E-state index in [4.69, 9.17) is 17.0 Å².